The average Bonchev–Trinajstić information content (AvgIpc) is 2.37. The van der Waals surface area contributed by atoms with Crippen LogP contribution in [0.25, 0.3) is 0 Å². The minimum Gasteiger partial charge on any atom is -0.478 e. The van der Waals surface area contributed by atoms with E-state index in [4.69, 9.17) is 5.11 Å². The van der Waals surface area contributed by atoms with Crippen LogP contribution >= 0.6 is 0 Å². The number of rotatable bonds is 8. The van der Waals surface area contributed by atoms with Crippen LogP contribution in [0.5, 0.6) is 0 Å². The molecule has 0 aromatic rings. The van der Waals surface area contributed by atoms with Gasteiger partial charge in [0.25, 0.3) is 0 Å². The standard InChI is InChI=1S/C20H28O2/c1-16(2)9-6-10-17(3)11-7-12-18(4)13-8-14-19(5)15-20(21)22/h7-9,11-15H,6,10H2,1-5H3,(H,21,22)/b12-7+,14-8+,17-11+,18-13+,19-15+. The lowest BCUT2D eigenvalue weighted by Gasteiger charge is -1.96. The molecule has 22 heavy (non-hydrogen) atoms. The van der Waals surface area contributed by atoms with Crippen molar-refractivity contribution in [2.45, 2.75) is 47.5 Å². The number of carboxylic acid groups (broad SMARTS) is 1. The van der Waals surface area contributed by atoms with Crippen molar-refractivity contribution in [3.63, 3.8) is 0 Å². The zero-order chi connectivity index (χ0) is 17.0. The van der Waals surface area contributed by atoms with Crippen molar-refractivity contribution < 1.29 is 9.90 Å². The summed E-state index contributed by atoms with van der Waals surface area (Å²) in [5.74, 6) is -0.920. The summed E-state index contributed by atoms with van der Waals surface area (Å²) in [5, 5.41) is 8.61. The fourth-order valence-electron chi connectivity index (χ4n) is 1.69. The third kappa shape index (κ3) is 12.9. The molecule has 0 saturated heterocycles. The molecule has 1 N–H and O–H groups in total. The van der Waals surface area contributed by atoms with Gasteiger partial charge in [0.2, 0.25) is 0 Å². The van der Waals surface area contributed by atoms with Crippen molar-refractivity contribution in [2.75, 3.05) is 0 Å². The van der Waals surface area contributed by atoms with Gasteiger partial charge in [0.1, 0.15) is 0 Å². The number of allylic oxidation sites excluding steroid dienone is 11. The highest BCUT2D eigenvalue weighted by molar-refractivity contribution is 5.81. The number of hydrogen-bond acceptors (Lipinski definition) is 1. The summed E-state index contributed by atoms with van der Waals surface area (Å²) < 4.78 is 0. The first-order valence-corrected chi connectivity index (χ1v) is 7.54. The quantitative estimate of drug-likeness (QED) is 0.351. The van der Waals surface area contributed by atoms with Crippen LogP contribution in [0.4, 0.5) is 0 Å². The Bertz CT molecular complexity index is 534. The van der Waals surface area contributed by atoms with Crippen LogP contribution < -0.4 is 0 Å². The molecular formula is C20H28O2. The monoisotopic (exact) mass is 300 g/mol. The summed E-state index contributed by atoms with van der Waals surface area (Å²) in [4.78, 5) is 10.5. The molecule has 0 aliphatic rings. The minimum atomic E-state index is -0.920. The van der Waals surface area contributed by atoms with Gasteiger partial charge in [-0.2, -0.15) is 0 Å². The largest absolute Gasteiger partial charge is 0.478 e. The SMILES string of the molecule is CC(C)=CCC/C(C)=C/C=C/C(C)=C/C=C/C(C)=C/C(=O)O. The van der Waals surface area contributed by atoms with Crippen LogP contribution in [0.2, 0.25) is 0 Å². The van der Waals surface area contributed by atoms with E-state index < -0.39 is 5.97 Å². The van der Waals surface area contributed by atoms with E-state index in [1.54, 1.807) is 13.0 Å². The van der Waals surface area contributed by atoms with Gasteiger partial charge < -0.3 is 5.11 Å². The summed E-state index contributed by atoms with van der Waals surface area (Å²) >= 11 is 0. The summed E-state index contributed by atoms with van der Waals surface area (Å²) in [6.07, 6.45) is 17.5. The van der Waals surface area contributed by atoms with Crippen LogP contribution in [0, 0.1) is 0 Å². The zero-order valence-electron chi connectivity index (χ0n) is 14.4. The van der Waals surface area contributed by atoms with Gasteiger partial charge in [0.15, 0.2) is 0 Å². The molecule has 0 atom stereocenters. The van der Waals surface area contributed by atoms with Crippen molar-refractivity contribution in [2.24, 2.45) is 0 Å². The van der Waals surface area contributed by atoms with E-state index in [0.29, 0.717) is 0 Å². The van der Waals surface area contributed by atoms with Crippen molar-refractivity contribution >= 4 is 5.97 Å². The van der Waals surface area contributed by atoms with Crippen LogP contribution in [0.1, 0.15) is 47.5 Å². The van der Waals surface area contributed by atoms with Gasteiger partial charge in [-0.15, -0.1) is 0 Å². The number of carbonyl (C=O) groups is 1. The number of hydrogen-bond donors (Lipinski definition) is 1. The van der Waals surface area contributed by atoms with E-state index in [2.05, 4.69) is 39.0 Å². The second-order valence-corrected chi connectivity index (χ2v) is 5.69. The molecule has 0 saturated carbocycles. The van der Waals surface area contributed by atoms with E-state index in [1.807, 2.05) is 25.2 Å². The average molecular weight is 300 g/mol. The molecule has 0 aromatic heterocycles. The Kier molecular flexibility index (Phi) is 10.5. The van der Waals surface area contributed by atoms with Crippen LogP contribution in [-0.4, -0.2) is 11.1 Å². The van der Waals surface area contributed by atoms with Crippen molar-refractivity contribution in [1.82, 2.24) is 0 Å². The Morgan fingerprint density at radius 2 is 1.50 bits per heavy atom. The molecule has 0 spiro atoms. The normalized spacial score (nSPS) is 14.0. The molecular weight excluding hydrogens is 272 g/mol. The Morgan fingerprint density at radius 3 is 2.09 bits per heavy atom. The van der Waals surface area contributed by atoms with Gasteiger partial charge in [-0.25, -0.2) is 4.79 Å². The topological polar surface area (TPSA) is 37.3 Å². The molecule has 2 nitrogen and oxygen atoms in total. The van der Waals surface area contributed by atoms with Crippen LogP contribution in [-0.2, 0) is 4.79 Å². The second-order valence-electron chi connectivity index (χ2n) is 5.69. The molecule has 0 amide bonds. The highest BCUT2D eigenvalue weighted by Crippen LogP contribution is 2.07. The summed E-state index contributed by atoms with van der Waals surface area (Å²) in [5.41, 5.74) is 4.56. The molecule has 0 unspecified atom stereocenters. The summed E-state index contributed by atoms with van der Waals surface area (Å²) in [6, 6.07) is 0. The molecule has 0 fully saturated rings. The van der Waals surface area contributed by atoms with Crippen molar-refractivity contribution in [3.05, 3.63) is 70.9 Å². The predicted octanol–water partition coefficient (Wildman–Crippen LogP) is 5.77. The molecule has 0 aliphatic carbocycles. The first-order chi connectivity index (χ1) is 10.3. The van der Waals surface area contributed by atoms with E-state index in [-0.39, 0.29) is 0 Å². The maximum Gasteiger partial charge on any atom is 0.328 e. The molecule has 120 valence electrons. The van der Waals surface area contributed by atoms with Gasteiger partial charge in [-0.05, 0) is 53.0 Å². The molecule has 0 rings (SSSR count). The van der Waals surface area contributed by atoms with E-state index in [0.717, 1.165) is 24.0 Å². The van der Waals surface area contributed by atoms with Gasteiger partial charge in [0, 0.05) is 6.08 Å². The maximum absolute atomic E-state index is 10.5. The van der Waals surface area contributed by atoms with Gasteiger partial charge >= 0.3 is 5.97 Å². The van der Waals surface area contributed by atoms with E-state index >= 15 is 0 Å². The molecule has 0 bridgehead atoms. The molecule has 0 aromatic carbocycles. The predicted molar refractivity (Wildman–Crippen MR) is 95.9 cm³/mol. The highest BCUT2D eigenvalue weighted by atomic mass is 16.4. The number of aliphatic carboxylic acids is 1. The molecule has 0 heterocycles. The van der Waals surface area contributed by atoms with Crippen LogP contribution in [0.3, 0.4) is 0 Å². The highest BCUT2D eigenvalue weighted by Gasteiger charge is 1.89. The third-order valence-corrected chi connectivity index (χ3v) is 2.90. The summed E-state index contributed by atoms with van der Waals surface area (Å²) in [6.45, 7) is 10.2. The Balaban J connectivity index is 4.43. The first kappa shape index (κ1) is 19.9. The minimum absolute atomic E-state index is 0.718. The van der Waals surface area contributed by atoms with Crippen molar-refractivity contribution in [3.8, 4) is 0 Å². The fraction of sp³-hybridized carbons (Fsp3) is 0.350. The number of carboxylic acids is 1. The second kappa shape index (κ2) is 11.6. The maximum atomic E-state index is 10.5. The van der Waals surface area contributed by atoms with E-state index in [9.17, 15) is 4.79 Å². The first-order valence-electron chi connectivity index (χ1n) is 7.54. The Morgan fingerprint density at radius 1 is 0.909 bits per heavy atom. The lowest BCUT2D eigenvalue weighted by atomic mass is 10.1. The van der Waals surface area contributed by atoms with Gasteiger partial charge in [-0.1, -0.05) is 59.3 Å². The molecule has 0 aliphatic heterocycles. The third-order valence-electron chi connectivity index (χ3n) is 2.90. The Hall–Kier alpha value is -2.09. The Labute approximate surface area is 134 Å². The summed E-state index contributed by atoms with van der Waals surface area (Å²) in [7, 11) is 0. The lowest BCUT2D eigenvalue weighted by Crippen LogP contribution is -1.87. The van der Waals surface area contributed by atoms with Crippen LogP contribution in [0.15, 0.2) is 70.9 Å². The zero-order valence-corrected chi connectivity index (χ0v) is 14.4. The smallest absolute Gasteiger partial charge is 0.328 e. The molecule has 0 radical (unpaired) electrons. The van der Waals surface area contributed by atoms with Gasteiger partial charge in [-0.3, -0.25) is 0 Å². The van der Waals surface area contributed by atoms with E-state index in [1.165, 1.54) is 17.2 Å². The lowest BCUT2D eigenvalue weighted by molar-refractivity contribution is -0.131. The van der Waals surface area contributed by atoms with Crippen molar-refractivity contribution in [1.29, 1.82) is 0 Å². The van der Waals surface area contributed by atoms with Gasteiger partial charge in [0.05, 0.1) is 0 Å². The molecule has 2 heteroatoms. The fourth-order valence-corrected chi connectivity index (χ4v) is 1.69.